The van der Waals surface area contributed by atoms with E-state index in [4.69, 9.17) is 9.47 Å². The van der Waals surface area contributed by atoms with Crippen LogP contribution in [0.2, 0.25) is 0 Å². The van der Waals surface area contributed by atoms with Gasteiger partial charge in [-0.3, -0.25) is 9.59 Å². The maximum Gasteiger partial charge on any atom is 0.253 e. The Kier molecular flexibility index (Phi) is 11.2. The van der Waals surface area contributed by atoms with Gasteiger partial charge in [-0.25, -0.2) is 0 Å². The average Bonchev–Trinajstić information content (AvgIpc) is 2.92. The van der Waals surface area contributed by atoms with Gasteiger partial charge in [0, 0.05) is 11.1 Å². The molecule has 0 spiro atoms. The van der Waals surface area contributed by atoms with Crippen LogP contribution >= 0.6 is 0 Å². The SMILES string of the molecule is CCCCCCCCOc1ccc(C(NC(=O)c2ccccc2C)NC(=O)c2ccccc2C)cc1OC. The van der Waals surface area contributed by atoms with Crippen LogP contribution in [0.1, 0.15) is 89.0 Å². The van der Waals surface area contributed by atoms with Crippen molar-refractivity contribution in [1.82, 2.24) is 10.6 Å². The number of methoxy groups -OCH3 is 1. The first kappa shape index (κ1) is 28.8. The maximum atomic E-state index is 13.2. The molecule has 0 fully saturated rings. The molecule has 6 heteroatoms. The second kappa shape index (κ2) is 14.8. The van der Waals surface area contributed by atoms with E-state index in [1.807, 2.05) is 62.4 Å². The Morgan fingerprint density at radius 3 is 1.84 bits per heavy atom. The van der Waals surface area contributed by atoms with Crippen LogP contribution in [0.15, 0.2) is 66.7 Å². The number of benzene rings is 3. The first-order valence-electron chi connectivity index (χ1n) is 13.5. The number of nitrogens with one attached hydrogen (secondary N) is 2. The van der Waals surface area contributed by atoms with Crippen molar-refractivity contribution >= 4 is 11.8 Å². The van der Waals surface area contributed by atoms with Crippen LogP contribution in [0.4, 0.5) is 0 Å². The minimum atomic E-state index is -0.782. The first-order chi connectivity index (χ1) is 18.4. The minimum absolute atomic E-state index is 0.277. The number of carbonyl (C=O) groups is 2. The molecule has 6 nitrogen and oxygen atoms in total. The highest BCUT2D eigenvalue weighted by Crippen LogP contribution is 2.30. The van der Waals surface area contributed by atoms with Gasteiger partial charge in [0.05, 0.1) is 13.7 Å². The van der Waals surface area contributed by atoms with Crippen molar-refractivity contribution in [3.63, 3.8) is 0 Å². The molecule has 0 atom stereocenters. The van der Waals surface area contributed by atoms with Crippen LogP contribution in [0.3, 0.4) is 0 Å². The number of aryl methyl sites for hydroxylation is 2. The molecule has 0 aromatic heterocycles. The molecule has 0 bridgehead atoms. The van der Waals surface area contributed by atoms with Crippen LogP contribution in [0, 0.1) is 13.8 Å². The number of carbonyl (C=O) groups excluding carboxylic acids is 2. The Morgan fingerprint density at radius 2 is 1.29 bits per heavy atom. The predicted octanol–water partition coefficient (Wildman–Crippen LogP) is 6.91. The van der Waals surface area contributed by atoms with Crippen molar-refractivity contribution in [1.29, 1.82) is 0 Å². The van der Waals surface area contributed by atoms with E-state index >= 15 is 0 Å². The fourth-order valence-electron chi connectivity index (χ4n) is 4.32. The molecule has 3 aromatic carbocycles. The maximum absolute atomic E-state index is 13.2. The first-order valence-corrected chi connectivity index (χ1v) is 13.5. The van der Waals surface area contributed by atoms with Gasteiger partial charge in [0.25, 0.3) is 11.8 Å². The van der Waals surface area contributed by atoms with Crippen LogP contribution in [0.25, 0.3) is 0 Å². The molecule has 0 radical (unpaired) electrons. The summed E-state index contributed by atoms with van der Waals surface area (Å²) in [7, 11) is 1.59. The fraction of sp³-hybridized carbons (Fsp3) is 0.375. The zero-order valence-electron chi connectivity index (χ0n) is 23.0. The van der Waals surface area contributed by atoms with Crippen LogP contribution < -0.4 is 20.1 Å². The molecule has 202 valence electrons. The third kappa shape index (κ3) is 8.10. The molecule has 0 heterocycles. The van der Waals surface area contributed by atoms with E-state index in [9.17, 15) is 9.59 Å². The Balaban J connectivity index is 1.79. The molecule has 3 rings (SSSR count). The standard InChI is InChI=1S/C32H40N2O4/c1-5-6-7-8-9-14-21-38-28-20-19-25(22-29(28)37-4)30(33-31(35)26-17-12-10-15-23(26)2)34-32(36)27-18-13-11-16-24(27)3/h10-13,15-20,22,30H,5-9,14,21H2,1-4H3,(H,33,35)(H,34,36). The number of unbranched alkanes of at least 4 members (excludes halogenated alkanes) is 5. The Morgan fingerprint density at radius 1 is 0.737 bits per heavy atom. The minimum Gasteiger partial charge on any atom is -0.493 e. The third-order valence-electron chi connectivity index (χ3n) is 6.61. The van der Waals surface area contributed by atoms with Gasteiger partial charge in [-0.2, -0.15) is 0 Å². The summed E-state index contributed by atoms with van der Waals surface area (Å²) in [4.78, 5) is 26.4. The van der Waals surface area contributed by atoms with Crippen molar-refractivity contribution in [2.45, 2.75) is 65.5 Å². The van der Waals surface area contributed by atoms with Gasteiger partial charge in [0.2, 0.25) is 0 Å². The average molecular weight is 517 g/mol. The Labute approximate surface area is 226 Å². The Bertz CT molecular complexity index is 1150. The quantitative estimate of drug-likeness (QED) is 0.180. The van der Waals surface area contributed by atoms with E-state index in [-0.39, 0.29) is 11.8 Å². The topological polar surface area (TPSA) is 76.7 Å². The molecule has 3 aromatic rings. The summed E-state index contributed by atoms with van der Waals surface area (Å²) in [6.45, 7) is 6.59. The van der Waals surface area contributed by atoms with Crippen molar-refractivity contribution in [2.75, 3.05) is 13.7 Å². The molecule has 0 aliphatic rings. The number of hydrogen-bond acceptors (Lipinski definition) is 4. The van der Waals surface area contributed by atoms with E-state index in [1.54, 1.807) is 25.3 Å². The van der Waals surface area contributed by atoms with Crippen LogP contribution in [0.5, 0.6) is 11.5 Å². The lowest BCUT2D eigenvalue weighted by atomic mass is 10.1. The van der Waals surface area contributed by atoms with E-state index in [0.29, 0.717) is 34.8 Å². The number of hydrogen-bond donors (Lipinski definition) is 2. The van der Waals surface area contributed by atoms with Gasteiger partial charge in [-0.05, 0) is 61.2 Å². The van der Waals surface area contributed by atoms with Gasteiger partial charge in [0.1, 0.15) is 6.17 Å². The van der Waals surface area contributed by atoms with Gasteiger partial charge in [0.15, 0.2) is 11.5 Å². The monoisotopic (exact) mass is 516 g/mol. The highest BCUT2D eigenvalue weighted by molar-refractivity contribution is 5.98. The summed E-state index contributed by atoms with van der Waals surface area (Å²) in [5.41, 5.74) is 3.48. The molecule has 2 N–H and O–H groups in total. The third-order valence-corrected chi connectivity index (χ3v) is 6.61. The molecule has 0 saturated heterocycles. The highest BCUT2D eigenvalue weighted by Gasteiger charge is 2.22. The number of ether oxygens (including phenoxy) is 2. The van der Waals surface area contributed by atoms with Crippen molar-refractivity contribution in [3.8, 4) is 11.5 Å². The van der Waals surface area contributed by atoms with Gasteiger partial charge in [-0.15, -0.1) is 0 Å². The summed E-state index contributed by atoms with van der Waals surface area (Å²) >= 11 is 0. The molecule has 0 aliphatic heterocycles. The summed E-state index contributed by atoms with van der Waals surface area (Å²) in [5, 5.41) is 5.98. The fourth-order valence-corrected chi connectivity index (χ4v) is 4.32. The molecular formula is C32H40N2O4. The number of rotatable bonds is 14. The normalized spacial score (nSPS) is 10.8. The molecule has 0 saturated carbocycles. The zero-order chi connectivity index (χ0) is 27.3. The predicted molar refractivity (Wildman–Crippen MR) is 152 cm³/mol. The summed E-state index contributed by atoms with van der Waals surface area (Å²) < 4.78 is 11.6. The van der Waals surface area contributed by atoms with Gasteiger partial charge in [-0.1, -0.05) is 81.5 Å². The number of amides is 2. The summed E-state index contributed by atoms with van der Waals surface area (Å²) in [6.07, 6.45) is 6.33. The van der Waals surface area contributed by atoms with Crippen molar-refractivity contribution in [2.24, 2.45) is 0 Å². The molecular weight excluding hydrogens is 476 g/mol. The van der Waals surface area contributed by atoms with E-state index < -0.39 is 6.17 Å². The van der Waals surface area contributed by atoms with Gasteiger partial charge >= 0.3 is 0 Å². The lowest BCUT2D eigenvalue weighted by Gasteiger charge is -2.23. The molecule has 2 amide bonds. The second-order valence-electron chi connectivity index (χ2n) is 9.54. The zero-order valence-corrected chi connectivity index (χ0v) is 23.0. The van der Waals surface area contributed by atoms with E-state index in [2.05, 4.69) is 17.6 Å². The Hall–Kier alpha value is -3.80. The molecule has 0 aliphatic carbocycles. The smallest absolute Gasteiger partial charge is 0.253 e. The summed E-state index contributed by atoms with van der Waals surface area (Å²) in [5.74, 6) is 0.633. The van der Waals surface area contributed by atoms with E-state index in [0.717, 1.165) is 24.0 Å². The largest absolute Gasteiger partial charge is 0.493 e. The molecule has 38 heavy (non-hydrogen) atoms. The van der Waals surface area contributed by atoms with Crippen LogP contribution in [-0.4, -0.2) is 25.5 Å². The highest BCUT2D eigenvalue weighted by atomic mass is 16.5. The van der Waals surface area contributed by atoms with Crippen molar-refractivity contribution in [3.05, 3.63) is 94.5 Å². The van der Waals surface area contributed by atoms with Gasteiger partial charge < -0.3 is 20.1 Å². The van der Waals surface area contributed by atoms with Crippen LogP contribution in [-0.2, 0) is 0 Å². The lowest BCUT2D eigenvalue weighted by Crippen LogP contribution is -2.41. The second-order valence-corrected chi connectivity index (χ2v) is 9.54. The molecule has 0 unspecified atom stereocenters. The van der Waals surface area contributed by atoms with E-state index in [1.165, 1.54) is 25.7 Å². The van der Waals surface area contributed by atoms with Crippen molar-refractivity contribution < 1.29 is 19.1 Å². The lowest BCUT2D eigenvalue weighted by molar-refractivity contribution is 0.0882. The summed E-state index contributed by atoms with van der Waals surface area (Å²) in [6, 6.07) is 20.2.